The third-order valence-electron chi connectivity index (χ3n) is 5.55. The fourth-order valence-electron chi connectivity index (χ4n) is 3.56. The van der Waals surface area contributed by atoms with Gasteiger partial charge in [0.25, 0.3) is 0 Å². The van der Waals surface area contributed by atoms with Crippen LogP contribution in [0, 0.1) is 11.6 Å². The van der Waals surface area contributed by atoms with E-state index in [-0.39, 0.29) is 58.8 Å². The number of hydrogen-bond acceptors (Lipinski definition) is 11. The van der Waals surface area contributed by atoms with Crippen LogP contribution < -0.4 is 9.47 Å². The Morgan fingerprint density at radius 1 is 0.810 bits per heavy atom. The minimum Gasteiger partial charge on any atom is -0.494 e. The Morgan fingerprint density at radius 2 is 1.24 bits per heavy atom. The number of alkyl halides is 1. The number of benzene rings is 2. The monoisotopic (exact) mass is 608 g/mol. The Kier molecular flexibility index (Phi) is 11.3. The Bertz CT molecular complexity index is 1430. The summed E-state index contributed by atoms with van der Waals surface area (Å²) in [5.41, 5.74) is 0.877. The average Bonchev–Trinajstić information content (AvgIpc) is 3.68. The highest BCUT2D eigenvalue weighted by molar-refractivity contribution is 6.17. The number of aliphatic hydroxyl groups excluding tert-OH is 1. The molecule has 0 spiro atoms. The van der Waals surface area contributed by atoms with E-state index in [1.165, 1.54) is 54.2 Å². The van der Waals surface area contributed by atoms with Crippen LogP contribution in [-0.2, 0) is 22.0 Å². The van der Waals surface area contributed by atoms with Crippen LogP contribution in [0.15, 0.2) is 36.7 Å². The van der Waals surface area contributed by atoms with E-state index < -0.39 is 30.2 Å². The molecule has 4 aromatic rings. The van der Waals surface area contributed by atoms with Crippen LogP contribution in [0.25, 0.3) is 11.4 Å². The van der Waals surface area contributed by atoms with E-state index >= 15 is 0 Å². The van der Waals surface area contributed by atoms with Gasteiger partial charge in [-0.2, -0.15) is 0 Å². The number of hydrogen-bond donors (Lipinski definition) is 1. The Morgan fingerprint density at radius 3 is 1.62 bits per heavy atom. The SMILES string of the molecule is CCOC(=O)c1cn(-c2ccc(OC)c(F)c2CCl)nn1.CCOC(=O)c1cn(-c2ccc(OC)c(F)c2CO)nn1. The molecule has 0 radical (unpaired) electrons. The first kappa shape index (κ1) is 31.9. The van der Waals surface area contributed by atoms with Crippen molar-refractivity contribution in [3.05, 3.63) is 70.8 Å². The largest absolute Gasteiger partial charge is 0.494 e. The summed E-state index contributed by atoms with van der Waals surface area (Å²) in [6.45, 7) is 3.26. The minimum absolute atomic E-state index is 0.00281. The number of aromatic nitrogens is 6. The molecule has 0 aliphatic heterocycles. The number of carbonyl (C=O) groups is 2. The number of esters is 2. The summed E-state index contributed by atoms with van der Waals surface area (Å²) >= 11 is 5.79. The summed E-state index contributed by atoms with van der Waals surface area (Å²) in [4.78, 5) is 23.1. The summed E-state index contributed by atoms with van der Waals surface area (Å²) in [5, 5.41) is 24.2. The molecule has 4 rings (SSSR count). The lowest BCUT2D eigenvalue weighted by Crippen LogP contribution is -2.05. The van der Waals surface area contributed by atoms with Crippen LogP contribution >= 0.6 is 11.6 Å². The molecule has 0 saturated carbocycles. The van der Waals surface area contributed by atoms with Gasteiger partial charge in [0, 0.05) is 11.1 Å². The molecule has 0 bridgehead atoms. The van der Waals surface area contributed by atoms with Gasteiger partial charge in [-0.15, -0.1) is 21.8 Å². The smallest absolute Gasteiger partial charge is 0.360 e. The zero-order chi connectivity index (χ0) is 30.8. The van der Waals surface area contributed by atoms with Crippen LogP contribution in [0.3, 0.4) is 0 Å². The molecule has 0 saturated heterocycles. The summed E-state index contributed by atoms with van der Waals surface area (Å²) in [5.74, 6) is -2.46. The standard InChI is InChI=1S/C13H13ClFN3O3.C13H14FN3O4/c1-3-21-13(19)9-7-18(17-16-9)10-4-5-11(20-2)12(15)8(10)6-14;1-3-21-13(19)9-6-17(16-15-9)10-4-5-11(20-2)12(14)8(10)7-18/h4-5,7H,3,6H2,1-2H3;4-6,18H,3,7H2,1-2H3. The van der Waals surface area contributed by atoms with Crippen molar-refractivity contribution in [1.82, 2.24) is 30.0 Å². The number of nitrogens with zero attached hydrogens (tertiary/aromatic N) is 6. The van der Waals surface area contributed by atoms with Crippen molar-refractivity contribution in [2.75, 3.05) is 27.4 Å². The third-order valence-corrected chi connectivity index (χ3v) is 5.81. The van der Waals surface area contributed by atoms with Crippen LogP contribution in [0.4, 0.5) is 8.78 Å². The molecule has 0 amide bonds. The zero-order valence-corrected chi connectivity index (χ0v) is 23.8. The summed E-state index contributed by atoms with van der Waals surface area (Å²) < 4.78 is 50.0. The van der Waals surface area contributed by atoms with Crippen LogP contribution in [0.2, 0.25) is 0 Å². The normalized spacial score (nSPS) is 10.5. The highest BCUT2D eigenvalue weighted by Crippen LogP contribution is 2.28. The predicted octanol–water partition coefficient (Wildman–Crippen LogP) is 3.41. The van der Waals surface area contributed by atoms with Crippen molar-refractivity contribution in [3.63, 3.8) is 0 Å². The van der Waals surface area contributed by atoms with Crippen molar-refractivity contribution in [2.45, 2.75) is 26.3 Å². The van der Waals surface area contributed by atoms with E-state index in [0.717, 1.165) is 0 Å². The van der Waals surface area contributed by atoms with Gasteiger partial charge < -0.3 is 24.1 Å². The lowest BCUT2D eigenvalue weighted by Gasteiger charge is -2.10. The predicted molar refractivity (Wildman–Crippen MR) is 143 cm³/mol. The van der Waals surface area contributed by atoms with Gasteiger partial charge in [0.05, 0.1) is 63.7 Å². The van der Waals surface area contributed by atoms with Gasteiger partial charge >= 0.3 is 11.9 Å². The van der Waals surface area contributed by atoms with Gasteiger partial charge in [-0.3, -0.25) is 0 Å². The molecule has 42 heavy (non-hydrogen) atoms. The number of carbonyl (C=O) groups excluding carboxylic acids is 2. The highest BCUT2D eigenvalue weighted by atomic mass is 35.5. The molecule has 2 aromatic heterocycles. The molecule has 1 N–H and O–H groups in total. The molecular formula is C26H27ClF2N6O7. The highest BCUT2D eigenvalue weighted by Gasteiger charge is 2.19. The number of methoxy groups -OCH3 is 2. The average molecular weight is 609 g/mol. The first-order chi connectivity index (χ1) is 20.2. The van der Waals surface area contributed by atoms with E-state index in [9.17, 15) is 23.5 Å². The third kappa shape index (κ3) is 6.98. The molecule has 16 heteroatoms. The molecule has 13 nitrogen and oxygen atoms in total. The van der Waals surface area contributed by atoms with E-state index in [2.05, 4.69) is 20.6 Å². The van der Waals surface area contributed by atoms with Gasteiger partial charge in [0.15, 0.2) is 34.5 Å². The second-order valence-corrected chi connectivity index (χ2v) is 8.26. The number of rotatable bonds is 10. The molecule has 2 heterocycles. The molecule has 0 atom stereocenters. The topological polar surface area (TPSA) is 153 Å². The summed E-state index contributed by atoms with van der Waals surface area (Å²) in [6.07, 6.45) is 2.66. The second-order valence-electron chi connectivity index (χ2n) is 7.99. The van der Waals surface area contributed by atoms with Gasteiger partial charge in [0.2, 0.25) is 0 Å². The number of ether oxygens (including phenoxy) is 4. The van der Waals surface area contributed by atoms with E-state index in [4.69, 9.17) is 30.5 Å². The van der Waals surface area contributed by atoms with Gasteiger partial charge in [0.1, 0.15) is 0 Å². The minimum atomic E-state index is -0.689. The quantitative estimate of drug-likeness (QED) is 0.208. The second kappa shape index (κ2) is 14.8. The van der Waals surface area contributed by atoms with Crippen molar-refractivity contribution in [2.24, 2.45) is 0 Å². The Balaban J connectivity index is 0.000000230. The fraction of sp³-hybridized carbons (Fsp3) is 0.308. The van der Waals surface area contributed by atoms with Crippen molar-refractivity contribution < 1.29 is 42.4 Å². The van der Waals surface area contributed by atoms with Crippen molar-refractivity contribution >= 4 is 23.5 Å². The summed E-state index contributed by atoms with van der Waals surface area (Å²) in [6, 6.07) is 5.95. The molecule has 0 unspecified atom stereocenters. The van der Waals surface area contributed by atoms with Gasteiger partial charge in [-0.05, 0) is 38.1 Å². The lowest BCUT2D eigenvalue weighted by atomic mass is 10.1. The maximum absolute atomic E-state index is 14.1. The van der Waals surface area contributed by atoms with Gasteiger partial charge in [-0.1, -0.05) is 10.4 Å². The lowest BCUT2D eigenvalue weighted by molar-refractivity contribution is 0.0510. The zero-order valence-electron chi connectivity index (χ0n) is 23.0. The van der Waals surface area contributed by atoms with E-state index in [0.29, 0.717) is 5.69 Å². The first-order valence-corrected chi connectivity index (χ1v) is 12.8. The van der Waals surface area contributed by atoms with Crippen molar-refractivity contribution in [1.29, 1.82) is 0 Å². The molecular weight excluding hydrogens is 582 g/mol. The molecule has 0 aliphatic carbocycles. The van der Waals surface area contributed by atoms with Crippen LogP contribution in [0.1, 0.15) is 46.0 Å². The molecule has 0 fully saturated rings. The first-order valence-electron chi connectivity index (χ1n) is 12.3. The maximum Gasteiger partial charge on any atom is 0.360 e. The molecule has 0 aliphatic rings. The number of aliphatic hydroxyl groups is 1. The Labute approximate surface area is 243 Å². The van der Waals surface area contributed by atoms with Crippen LogP contribution in [-0.4, -0.2) is 74.5 Å². The summed E-state index contributed by atoms with van der Waals surface area (Å²) in [7, 11) is 2.69. The van der Waals surface area contributed by atoms with Gasteiger partial charge in [-0.25, -0.2) is 27.7 Å². The van der Waals surface area contributed by atoms with Crippen molar-refractivity contribution in [3.8, 4) is 22.9 Å². The molecule has 2 aromatic carbocycles. The number of halogens is 3. The maximum atomic E-state index is 14.1. The Hall–Kier alpha value is -4.63. The van der Waals surface area contributed by atoms with Crippen LogP contribution in [0.5, 0.6) is 11.5 Å². The van der Waals surface area contributed by atoms with E-state index in [1.54, 1.807) is 19.9 Å². The fourth-order valence-corrected chi connectivity index (χ4v) is 3.82. The van der Waals surface area contributed by atoms with E-state index in [1.807, 2.05) is 0 Å². The molecule has 224 valence electrons.